The molecule has 0 amide bonds. The third-order valence-electron chi connectivity index (χ3n) is 2.56. The minimum atomic E-state index is -4.77. The Morgan fingerprint density at radius 1 is 1.00 bits per heavy atom. The van der Waals surface area contributed by atoms with Gasteiger partial charge in [0.2, 0.25) is 0 Å². The van der Waals surface area contributed by atoms with Crippen molar-refractivity contribution in [2.75, 3.05) is 0 Å². The first-order valence-electron chi connectivity index (χ1n) is 6.18. The number of benzene rings is 2. The Hall–Kier alpha value is -2.57. The summed E-state index contributed by atoms with van der Waals surface area (Å²) in [6, 6.07) is 11.1. The highest BCUT2D eigenvalue weighted by Gasteiger charge is 2.32. The molecule has 7 heteroatoms. The maximum absolute atomic E-state index is 12.7. The quantitative estimate of drug-likeness (QED) is 0.469. The van der Waals surface area contributed by atoms with Gasteiger partial charge in [0.1, 0.15) is 18.2 Å². The number of nitrogens with zero attached hydrogens (tertiary/aromatic N) is 1. The highest BCUT2D eigenvalue weighted by molar-refractivity contribution is 5.78. The van der Waals surface area contributed by atoms with Crippen molar-refractivity contribution in [2.45, 2.75) is 13.0 Å². The summed E-state index contributed by atoms with van der Waals surface area (Å²) in [5.41, 5.74) is 0.803. The van der Waals surface area contributed by atoms with Crippen LogP contribution in [0, 0.1) is 5.82 Å². The van der Waals surface area contributed by atoms with Gasteiger partial charge in [0.25, 0.3) is 0 Å². The van der Waals surface area contributed by atoms with Crippen LogP contribution in [0.4, 0.5) is 17.6 Å². The third kappa shape index (κ3) is 5.08. The molecule has 116 valence electrons. The Morgan fingerprint density at radius 3 is 2.36 bits per heavy atom. The lowest BCUT2D eigenvalue weighted by molar-refractivity contribution is -0.275. The van der Waals surface area contributed by atoms with E-state index in [1.807, 2.05) is 0 Å². The fraction of sp³-hybridized carbons (Fsp3) is 0.133. The van der Waals surface area contributed by atoms with Crippen molar-refractivity contribution < 1.29 is 27.1 Å². The van der Waals surface area contributed by atoms with Gasteiger partial charge in [0.05, 0.1) is 6.21 Å². The second-order valence-electron chi connectivity index (χ2n) is 4.22. The lowest BCUT2D eigenvalue weighted by Crippen LogP contribution is -2.18. The van der Waals surface area contributed by atoms with Gasteiger partial charge < -0.3 is 9.57 Å². The van der Waals surface area contributed by atoms with Gasteiger partial charge in [-0.25, -0.2) is 4.39 Å². The Balaban J connectivity index is 1.95. The van der Waals surface area contributed by atoms with Crippen molar-refractivity contribution in [3.63, 3.8) is 0 Å². The van der Waals surface area contributed by atoms with Crippen molar-refractivity contribution in [3.8, 4) is 5.75 Å². The molecule has 0 heterocycles. The first kappa shape index (κ1) is 15.8. The molecular formula is C15H11F4NO2. The van der Waals surface area contributed by atoms with Gasteiger partial charge in [-0.2, -0.15) is 0 Å². The summed E-state index contributed by atoms with van der Waals surface area (Å²) < 4.78 is 53.3. The molecule has 22 heavy (non-hydrogen) atoms. The largest absolute Gasteiger partial charge is 0.573 e. The molecule has 0 aliphatic carbocycles. The van der Waals surface area contributed by atoms with Gasteiger partial charge in [0.15, 0.2) is 0 Å². The topological polar surface area (TPSA) is 30.8 Å². The van der Waals surface area contributed by atoms with Crippen molar-refractivity contribution in [2.24, 2.45) is 5.16 Å². The number of para-hydroxylation sites is 1. The summed E-state index contributed by atoms with van der Waals surface area (Å²) in [5.74, 6) is -0.719. The van der Waals surface area contributed by atoms with Crippen LogP contribution in [-0.4, -0.2) is 12.6 Å². The maximum atomic E-state index is 12.7. The smallest absolute Gasteiger partial charge is 0.405 e. The molecule has 0 fully saturated rings. The number of hydrogen-bond donors (Lipinski definition) is 0. The van der Waals surface area contributed by atoms with Crippen LogP contribution in [0.25, 0.3) is 0 Å². The average molecular weight is 313 g/mol. The van der Waals surface area contributed by atoms with Gasteiger partial charge in [-0.1, -0.05) is 35.5 Å². The molecule has 0 N–H and O–H groups in total. The molecule has 0 spiro atoms. The second-order valence-corrected chi connectivity index (χ2v) is 4.22. The van der Waals surface area contributed by atoms with Crippen LogP contribution in [0.5, 0.6) is 5.75 Å². The van der Waals surface area contributed by atoms with Gasteiger partial charge in [-0.05, 0) is 23.8 Å². The molecule has 0 aliphatic rings. The average Bonchev–Trinajstić information content (AvgIpc) is 2.45. The monoisotopic (exact) mass is 313 g/mol. The van der Waals surface area contributed by atoms with E-state index < -0.39 is 6.36 Å². The number of ether oxygens (including phenoxy) is 1. The van der Waals surface area contributed by atoms with Crippen LogP contribution in [0.2, 0.25) is 0 Å². The molecule has 2 rings (SSSR count). The van der Waals surface area contributed by atoms with E-state index in [-0.39, 0.29) is 23.7 Å². The molecule has 0 aromatic heterocycles. The van der Waals surface area contributed by atoms with Crippen LogP contribution in [0.15, 0.2) is 53.7 Å². The van der Waals surface area contributed by atoms with E-state index in [0.29, 0.717) is 5.56 Å². The SMILES string of the molecule is Fc1ccc(C=NOCc2ccccc2OC(F)(F)F)cc1. The number of hydrogen-bond acceptors (Lipinski definition) is 3. The number of rotatable bonds is 5. The second kappa shape index (κ2) is 6.93. The fourth-order valence-electron chi connectivity index (χ4n) is 1.60. The third-order valence-corrected chi connectivity index (χ3v) is 2.56. The van der Waals surface area contributed by atoms with E-state index >= 15 is 0 Å². The van der Waals surface area contributed by atoms with Crippen molar-refractivity contribution in [1.82, 2.24) is 0 Å². The summed E-state index contributed by atoms with van der Waals surface area (Å²) in [4.78, 5) is 4.94. The molecule has 2 aromatic rings. The van der Waals surface area contributed by atoms with E-state index in [2.05, 4.69) is 9.89 Å². The number of halogens is 4. The molecule has 0 unspecified atom stereocenters. The molecule has 0 bridgehead atoms. The van der Waals surface area contributed by atoms with Crippen molar-refractivity contribution in [3.05, 3.63) is 65.5 Å². The minimum absolute atomic E-state index is 0.191. The lowest BCUT2D eigenvalue weighted by atomic mass is 10.2. The van der Waals surface area contributed by atoms with Gasteiger partial charge in [-0.15, -0.1) is 13.2 Å². The highest BCUT2D eigenvalue weighted by atomic mass is 19.4. The first-order valence-corrected chi connectivity index (χ1v) is 6.18. The van der Waals surface area contributed by atoms with Crippen LogP contribution >= 0.6 is 0 Å². The Labute approximate surface area is 123 Å². The Kier molecular flexibility index (Phi) is 4.98. The van der Waals surface area contributed by atoms with E-state index in [1.165, 1.54) is 48.7 Å². The Morgan fingerprint density at radius 2 is 1.68 bits per heavy atom. The van der Waals surface area contributed by atoms with Crippen molar-refractivity contribution >= 4 is 6.21 Å². The fourth-order valence-corrected chi connectivity index (χ4v) is 1.60. The number of oxime groups is 1. The van der Waals surface area contributed by atoms with Gasteiger partial charge in [-0.3, -0.25) is 0 Å². The lowest BCUT2D eigenvalue weighted by Gasteiger charge is -2.12. The van der Waals surface area contributed by atoms with Gasteiger partial charge >= 0.3 is 6.36 Å². The van der Waals surface area contributed by atoms with E-state index in [9.17, 15) is 17.6 Å². The summed E-state index contributed by atoms with van der Waals surface area (Å²) in [6.07, 6.45) is -3.44. The first-order chi connectivity index (χ1) is 10.4. The zero-order valence-electron chi connectivity index (χ0n) is 11.2. The zero-order valence-corrected chi connectivity index (χ0v) is 11.2. The standard InChI is InChI=1S/C15H11F4NO2/c16-13-7-5-11(6-8-13)9-20-21-10-12-3-1-2-4-14(12)22-15(17,18)19/h1-9H,10H2. The molecule has 3 nitrogen and oxygen atoms in total. The molecule has 0 saturated heterocycles. The molecular weight excluding hydrogens is 302 g/mol. The zero-order chi connectivity index (χ0) is 16.0. The Bertz CT molecular complexity index is 639. The molecule has 2 aromatic carbocycles. The maximum Gasteiger partial charge on any atom is 0.573 e. The molecule has 0 saturated carbocycles. The highest BCUT2D eigenvalue weighted by Crippen LogP contribution is 2.26. The van der Waals surface area contributed by atoms with E-state index in [4.69, 9.17) is 4.84 Å². The van der Waals surface area contributed by atoms with Crippen molar-refractivity contribution in [1.29, 1.82) is 0 Å². The van der Waals surface area contributed by atoms with E-state index in [0.717, 1.165) is 0 Å². The molecule has 0 radical (unpaired) electrons. The predicted octanol–water partition coefficient (Wildman–Crippen LogP) is 4.28. The summed E-state index contributed by atoms with van der Waals surface area (Å²) >= 11 is 0. The van der Waals surface area contributed by atoms with Crippen LogP contribution in [0.1, 0.15) is 11.1 Å². The number of alkyl halides is 3. The van der Waals surface area contributed by atoms with Crippen LogP contribution in [-0.2, 0) is 11.4 Å². The van der Waals surface area contributed by atoms with Gasteiger partial charge in [0, 0.05) is 5.56 Å². The van der Waals surface area contributed by atoms with Crippen LogP contribution < -0.4 is 4.74 Å². The summed E-state index contributed by atoms with van der Waals surface area (Å²) in [5, 5.41) is 3.62. The summed E-state index contributed by atoms with van der Waals surface area (Å²) in [6.45, 7) is -0.191. The molecule has 0 aliphatic heterocycles. The molecule has 0 atom stereocenters. The normalized spacial score (nSPS) is 11.6. The predicted molar refractivity (Wildman–Crippen MR) is 71.9 cm³/mol. The summed E-state index contributed by atoms with van der Waals surface area (Å²) in [7, 11) is 0. The van der Waals surface area contributed by atoms with Crippen LogP contribution in [0.3, 0.4) is 0 Å². The van der Waals surface area contributed by atoms with E-state index in [1.54, 1.807) is 6.07 Å². The minimum Gasteiger partial charge on any atom is -0.405 e.